The molecule has 3 aliphatic rings. The molecule has 0 amide bonds. The third-order valence-corrected chi connectivity index (χ3v) is 10.0. The average Bonchev–Trinajstić information content (AvgIpc) is 3.37. The SMILES string of the molecule is COc1cc2c(cc1CO)C(C)(C)/C(=C/C=C1\CCCC(/C=C/C3=[N+](C)c4cc(OC)c(OC)cc4C3(C)C)=C1Cl)N2C#CC(=O)O. The molecule has 2 aliphatic heterocycles. The molecular weight excluding hydrogens is 616 g/mol. The summed E-state index contributed by atoms with van der Waals surface area (Å²) in [6.45, 7) is 8.33. The second kappa shape index (κ2) is 13.0. The van der Waals surface area contributed by atoms with Gasteiger partial charge in [-0.1, -0.05) is 37.6 Å². The number of carboxylic acid groups (broad SMARTS) is 1. The van der Waals surface area contributed by atoms with Crippen molar-refractivity contribution >= 4 is 34.7 Å². The van der Waals surface area contributed by atoms with E-state index in [0.717, 1.165) is 58.6 Å². The molecule has 0 radical (unpaired) electrons. The van der Waals surface area contributed by atoms with E-state index in [1.54, 1.807) is 25.2 Å². The molecule has 2 heterocycles. The largest absolute Gasteiger partial charge is 0.496 e. The zero-order chi connectivity index (χ0) is 34.3. The summed E-state index contributed by atoms with van der Waals surface area (Å²) >= 11 is 7.09. The molecule has 5 rings (SSSR count). The first-order chi connectivity index (χ1) is 22.3. The normalized spacial score (nSPS) is 19.7. The molecule has 0 unspecified atom stereocenters. The predicted molar refractivity (Wildman–Crippen MR) is 185 cm³/mol. The Labute approximate surface area is 281 Å². The number of carbonyl (C=O) groups is 1. The second-order valence-electron chi connectivity index (χ2n) is 12.9. The average molecular weight is 658 g/mol. The van der Waals surface area contributed by atoms with Gasteiger partial charge in [-0.05, 0) is 68.0 Å². The van der Waals surface area contributed by atoms with Crippen LogP contribution in [0.4, 0.5) is 11.4 Å². The number of methoxy groups -OCH3 is 3. The van der Waals surface area contributed by atoms with Gasteiger partial charge in [-0.25, -0.2) is 4.79 Å². The number of anilines is 1. The minimum atomic E-state index is -1.22. The fourth-order valence-electron chi connectivity index (χ4n) is 6.89. The summed E-state index contributed by atoms with van der Waals surface area (Å²) in [6.07, 6.45) is 10.9. The van der Waals surface area contributed by atoms with Gasteiger partial charge in [0.15, 0.2) is 17.2 Å². The van der Waals surface area contributed by atoms with Gasteiger partial charge in [0, 0.05) is 51.4 Å². The van der Waals surface area contributed by atoms with Gasteiger partial charge < -0.3 is 24.4 Å². The van der Waals surface area contributed by atoms with E-state index >= 15 is 0 Å². The molecule has 0 bridgehead atoms. The molecule has 0 saturated heterocycles. The smallest absolute Gasteiger partial charge is 0.383 e. The van der Waals surface area contributed by atoms with Gasteiger partial charge in [0.25, 0.3) is 0 Å². The fraction of sp³-hybridized carbons (Fsp3) is 0.368. The number of hydrogen-bond donors (Lipinski definition) is 2. The molecule has 47 heavy (non-hydrogen) atoms. The minimum absolute atomic E-state index is 0.187. The monoisotopic (exact) mass is 657 g/mol. The molecule has 246 valence electrons. The number of nitrogens with zero attached hydrogens (tertiary/aromatic N) is 2. The Morgan fingerprint density at radius 3 is 2.28 bits per heavy atom. The van der Waals surface area contributed by atoms with E-state index in [9.17, 15) is 15.0 Å². The molecule has 0 fully saturated rings. The fourth-order valence-corrected chi connectivity index (χ4v) is 7.20. The zero-order valence-corrected chi connectivity index (χ0v) is 29.0. The van der Waals surface area contributed by atoms with Crippen LogP contribution in [0.3, 0.4) is 0 Å². The number of ether oxygens (including phenoxy) is 3. The highest BCUT2D eigenvalue weighted by atomic mass is 35.5. The quantitative estimate of drug-likeness (QED) is 0.243. The van der Waals surface area contributed by atoms with Crippen molar-refractivity contribution in [3.05, 3.63) is 87.1 Å². The van der Waals surface area contributed by atoms with Crippen molar-refractivity contribution in [1.29, 1.82) is 0 Å². The Hall–Kier alpha value is -4.45. The summed E-state index contributed by atoms with van der Waals surface area (Å²) in [4.78, 5) is 13.1. The van der Waals surface area contributed by atoms with Crippen molar-refractivity contribution in [2.75, 3.05) is 33.3 Å². The zero-order valence-electron chi connectivity index (χ0n) is 28.2. The highest BCUT2D eigenvalue weighted by Crippen LogP contribution is 2.50. The van der Waals surface area contributed by atoms with E-state index in [4.69, 9.17) is 25.8 Å². The molecule has 0 aromatic heterocycles. The van der Waals surface area contributed by atoms with Gasteiger partial charge in [0.1, 0.15) is 12.8 Å². The standard InChI is InChI=1S/C38H41ClN2O6/c1-37(2)27-19-31(46-7)32(47-8)20-28(27)40(5)33(37)14-12-23-10-9-11-24(36(23)39)13-15-34-38(3,4)26-18-25(22-42)30(45-6)21-29(26)41(34)17-16-35(43)44/h12-15,18-21,42H,9-11,22H2,1-8H3/p+1. The van der Waals surface area contributed by atoms with E-state index < -0.39 is 11.4 Å². The van der Waals surface area contributed by atoms with Crippen LogP contribution < -0.4 is 19.1 Å². The molecule has 8 nitrogen and oxygen atoms in total. The van der Waals surface area contributed by atoms with Crippen LogP contribution in [-0.4, -0.2) is 54.8 Å². The minimum Gasteiger partial charge on any atom is -0.496 e. The lowest BCUT2D eigenvalue weighted by Crippen LogP contribution is -2.26. The Kier molecular flexibility index (Phi) is 9.36. The van der Waals surface area contributed by atoms with Gasteiger partial charge in [-0.3, -0.25) is 4.90 Å². The number of rotatable bonds is 7. The molecule has 9 heteroatoms. The summed E-state index contributed by atoms with van der Waals surface area (Å²) in [6, 6.07) is 10.6. The summed E-state index contributed by atoms with van der Waals surface area (Å²) in [5.74, 6) is 2.94. The number of halogens is 1. The lowest BCUT2D eigenvalue weighted by Gasteiger charge is -2.23. The number of aliphatic carboxylic acids is 1. The maximum Gasteiger partial charge on any atom is 0.383 e. The number of allylic oxidation sites excluding steroid dienone is 8. The summed E-state index contributed by atoms with van der Waals surface area (Å²) < 4.78 is 18.9. The number of hydrogen-bond acceptors (Lipinski definition) is 6. The third kappa shape index (κ3) is 5.95. The second-order valence-corrected chi connectivity index (χ2v) is 13.3. The number of carboxylic acids is 1. The Morgan fingerprint density at radius 2 is 1.64 bits per heavy atom. The third-order valence-electron chi connectivity index (χ3n) is 9.52. The van der Waals surface area contributed by atoms with Crippen LogP contribution in [0.15, 0.2) is 70.4 Å². The summed E-state index contributed by atoms with van der Waals surface area (Å²) in [5.41, 5.74) is 7.68. The van der Waals surface area contributed by atoms with Crippen LogP contribution in [0.2, 0.25) is 0 Å². The van der Waals surface area contributed by atoms with Gasteiger partial charge in [-0.2, -0.15) is 4.58 Å². The molecule has 1 aliphatic carbocycles. The molecule has 2 N–H and O–H groups in total. The highest BCUT2D eigenvalue weighted by Gasteiger charge is 2.44. The van der Waals surface area contributed by atoms with Crippen LogP contribution >= 0.6 is 11.6 Å². The maximum atomic E-state index is 11.4. The number of aliphatic hydroxyl groups excluding tert-OH is 1. The van der Waals surface area contributed by atoms with Crippen molar-refractivity contribution < 1.29 is 33.8 Å². The number of fused-ring (bicyclic) bond motifs is 2. The first-order valence-corrected chi connectivity index (χ1v) is 15.9. The molecule has 0 saturated carbocycles. The van der Waals surface area contributed by atoms with Crippen LogP contribution in [0.1, 0.15) is 63.6 Å². The van der Waals surface area contributed by atoms with Gasteiger partial charge in [0.05, 0.1) is 45.1 Å². The topological polar surface area (TPSA) is 91.5 Å². The molecule has 2 aromatic carbocycles. The Morgan fingerprint density at radius 1 is 0.957 bits per heavy atom. The van der Waals surface area contributed by atoms with Crippen molar-refractivity contribution in [3.63, 3.8) is 0 Å². The number of aliphatic hydroxyl groups is 1. The lowest BCUT2D eigenvalue weighted by atomic mass is 9.81. The highest BCUT2D eigenvalue weighted by molar-refractivity contribution is 6.32. The van der Waals surface area contributed by atoms with Gasteiger partial charge in [-0.15, -0.1) is 0 Å². The number of benzene rings is 2. The molecule has 2 aromatic rings. The van der Waals surface area contributed by atoms with E-state index in [1.807, 2.05) is 24.3 Å². The lowest BCUT2D eigenvalue weighted by molar-refractivity contribution is -0.401. The van der Waals surface area contributed by atoms with E-state index in [0.29, 0.717) is 33.5 Å². The van der Waals surface area contributed by atoms with Gasteiger partial charge in [0.2, 0.25) is 5.69 Å². The Bertz CT molecular complexity index is 1870. The summed E-state index contributed by atoms with van der Waals surface area (Å²) in [5, 5.41) is 20.0. The van der Waals surface area contributed by atoms with Crippen molar-refractivity contribution in [1.82, 2.24) is 0 Å². The summed E-state index contributed by atoms with van der Waals surface area (Å²) in [7, 11) is 6.89. The van der Waals surface area contributed by atoms with Crippen LogP contribution in [0.25, 0.3) is 0 Å². The van der Waals surface area contributed by atoms with Gasteiger partial charge >= 0.3 is 5.97 Å². The predicted octanol–water partition coefficient (Wildman–Crippen LogP) is 7.10. The van der Waals surface area contributed by atoms with E-state index in [-0.39, 0.29) is 12.0 Å². The van der Waals surface area contributed by atoms with E-state index in [1.165, 1.54) is 7.11 Å². The molecule has 0 spiro atoms. The first-order valence-electron chi connectivity index (χ1n) is 15.5. The molecule has 0 atom stereocenters. The van der Waals surface area contributed by atoms with Crippen LogP contribution in [0, 0.1) is 12.0 Å². The van der Waals surface area contributed by atoms with Crippen molar-refractivity contribution in [2.24, 2.45) is 0 Å². The van der Waals surface area contributed by atoms with Crippen molar-refractivity contribution in [3.8, 4) is 29.2 Å². The van der Waals surface area contributed by atoms with Crippen molar-refractivity contribution in [2.45, 2.75) is 64.4 Å². The van der Waals surface area contributed by atoms with Crippen LogP contribution in [-0.2, 0) is 22.2 Å². The first kappa shape index (κ1) is 33.9. The van der Waals surface area contributed by atoms with Crippen LogP contribution in [0.5, 0.6) is 17.2 Å². The van der Waals surface area contributed by atoms with E-state index in [2.05, 4.69) is 69.5 Å². The molecular formula is C38H42ClN2O6+. The maximum absolute atomic E-state index is 11.4. The Balaban J connectivity index is 1.53.